The molecule has 2 aromatic rings. The Morgan fingerprint density at radius 1 is 1.09 bits per heavy atom. The van der Waals surface area contributed by atoms with Gasteiger partial charge in [0, 0.05) is 32.2 Å². The van der Waals surface area contributed by atoms with Gasteiger partial charge in [0.25, 0.3) is 5.91 Å². The van der Waals surface area contributed by atoms with Crippen molar-refractivity contribution < 1.29 is 22.4 Å². The van der Waals surface area contributed by atoms with Crippen molar-refractivity contribution in [3.63, 3.8) is 0 Å². The maximum Gasteiger partial charge on any atom is 0.416 e. The summed E-state index contributed by atoms with van der Waals surface area (Å²) in [4.78, 5) is 23.9. The lowest BCUT2D eigenvalue weighted by molar-refractivity contribution is -0.137. The Balaban J connectivity index is 1.31. The number of nitrogens with one attached hydrogen (secondary N) is 2. The summed E-state index contributed by atoms with van der Waals surface area (Å²) in [5, 5.41) is 6.08. The molecule has 6 nitrogen and oxygen atoms in total. The minimum absolute atomic E-state index is 0.174. The number of hydrogen-bond acceptors (Lipinski definition) is 5. The summed E-state index contributed by atoms with van der Waals surface area (Å²) < 4.78 is 52.7. The Bertz CT molecular complexity index is 1060. The lowest BCUT2D eigenvalue weighted by atomic mass is 9.86. The number of rotatable bonds is 6. The van der Waals surface area contributed by atoms with Crippen molar-refractivity contribution in [1.82, 2.24) is 15.3 Å². The van der Waals surface area contributed by atoms with Crippen LogP contribution in [-0.2, 0) is 19.0 Å². The maximum absolute atomic E-state index is 14.0. The van der Waals surface area contributed by atoms with Crippen molar-refractivity contribution in [2.45, 2.75) is 63.6 Å². The summed E-state index contributed by atoms with van der Waals surface area (Å²) in [5.41, 5.74) is 0.730. The molecular weight excluding hydrogens is 462 g/mol. The highest BCUT2D eigenvalue weighted by Gasteiger charge is 2.32. The van der Waals surface area contributed by atoms with E-state index in [1.807, 2.05) is 19.0 Å². The van der Waals surface area contributed by atoms with Crippen molar-refractivity contribution in [2.75, 3.05) is 30.9 Å². The van der Waals surface area contributed by atoms with Crippen LogP contribution >= 0.6 is 0 Å². The molecule has 1 aromatic heterocycles. The number of anilines is 2. The van der Waals surface area contributed by atoms with Crippen LogP contribution in [-0.4, -0.2) is 42.6 Å². The van der Waals surface area contributed by atoms with Gasteiger partial charge >= 0.3 is 6.18 Å². The number of carbonyl (C=O) groups excluding carboxylic acids is 1. The Morgan fingerprint density at radius 2 is 1.80 bits per heavy atom. The highest BCUT2D eigenvalue weighted by atomic mass is 19.4. The lowest BCUT2D eigenvalue weighted by Gasteiger charge is -2.30. The first-order chi connectivity index (χ1) is 16.6. The molecule has 1 amide bonds. The predicted octanol–water partition coefficient (Wildman–Crippen LogP) is 4.98. The van der Waals surface area contributed by atoms with Gasteiger partial charge in [-0.15, -0.1) is 0 Å². The molecule has 2 aliphatic carbocycles. The van der Waals surface area contributed by atoms with Crippen LogP contribution in [0.3, 0.4) is 0 Å². The van der Waals surface area contributed by atoms with Gasteiger partial charge < -0.3 is 15.5 Å². The highest BCUT2D eigenvalue weighted by molar-refractivity contribution is 5.94. The molecule has 0 unspecified atom stereocenters. The average molecular weight is 494 g/mol. The van der Waals surface area contributed by atoms with E-state index in [1.54, 1.807) is 0 Å². The van der Waals surface area contributed by atoms with Crippen molar-refractivity contribution in [3.05, 3.63) is 46.4 Å². The van der Waals surface area contributed by atoms with E-state index in [-0.39, 0.29) is 12.0 Å². The maximum atomic E-state index is 14.0. The number of alkyl halides is 3. The summed E-state index contributed by atoms with van der Waals surface area (Å²) in [6, 6.07) is 2.08. The van der Waals surface area contributed by atoms with Crippen molar-refractivity contribution in [1.29, 1.82) is 0 Å². The first kappa shape index (κ1) is 25.2. The largest absolute Gasteiger partial charge is 0.416 e. The molecule has 190 valence electrons. The van der Waals surface area contributed by atoms with E-state index in [9.17, 15) is 22.4 Å². The number of carbonyl (C=O) groups is 1. The Hall–Kier alpha value is -2.91. The second-order valence-corrected chi connectivity index (χ2v) is 9.66. The average Bonchev–Trinajstić information content (AvgIpc) is 2.82. The quantitative estimate of drug-likeness (QED) is 0.556. The van der Waals surface area contributed by atoms with Crippen molar-refractivity contribution in [3.8, 4) is 0 Å². The van der Waals surface area contributed by atoms with E-state index in [1.165, 1.54) is 5.56 Å². The normalized spacial score (nSPS) is 20.2. The second kappa shape index (κ2) is 10.4. The van der Waals surface area contributed by atoms with E-state index in [0.717, 1.165) is 62.9 Å². The minimum Gasteiger partial charge on any atom is -0.362 e. The van der Waals surface area contributed by atoms with Gasteiger partial charge in [-0.05, 0) is 75.5 Å². The molecule has 35 heavy (non-hydrogen) atoms. The van der Waals surface area contributed by atoms with Crippen LogP contribution in [0.5, 0.6) is 0 Å². The number of nitrogens with zero attached hydrogens (tertiary/aromatic N) is 3. The fraction of sp³-hybridized carbons (Fsp3) is 0.560. The molecule has 0 bridgehead atoms. The van der Waals surface area contributed by atoms with Crippen LogP contribution in [0.25, 0.3) is 0 Å². The monoisotopic (exact) mass is 493 g/mol. The zero-order valence-electron chi connectivity index (χ0n) is 20.0. The Morgan fingerprint density at radius 3 is 2.49 bits per heavy atom. The number of hydrogen-bond donors (Lipinski definition) is 2. The van der Waals surface area contributed by atoms with Crippen LogP contribution in [0, 0.1) is 11.7 Å². The summed E-state index contributed by atoms with van der Waals surface area (Å²) in [5.74, 6) is -0.00716. The summed E-state index contributed by atoms with van der Waals surface area (Å²) >= 11 is 0. The van der Waals surface area contributed by atoms with Crippen LogP contribution in [0.2, 0.25) is 0 Å². The van der Waals surface area contributed by atoms with Gasteiger partial charge in [-0.25, -0.2) is 9.37 Å². The second-order valence-electron chi connectivity index (χ2n) is 9.66. The molecule has 0 aliphatic heterocycles. The number of amides is 1. The molecule has 1 saturated carbocycles. The number of aryl methyl sites for hydroxylation is 1. The van der Waals surface area contributed by atoms with E-state index in [0.29, 0.717) is 30.7 Å². The molecule has 1 aromatic carbocycles. The summed E-state index contributed by atoms with van der Waals surface area (Å²) in [7, 11) is 3.98. The molecule has 2 aliphatic rings. The molecule has 1 fully saturated rings. The molecule has 2 N–H and O–H groups in total. The van der Waals surface area contributed by atoms with Crippen LogP contribution in [0.4, 0.5) is 29.3 Å². The summed E-state index contributed by atoms with van der Waals surface area (Å²) in [6.07, 6.45) is 3.00. The van der Waals surface area contributed by atoms with Gasteiger partial charge in [-0.3, -0.25) is 4.79 Å². The van der Waals surface area contributed by atoms with E-state index in [4.69, 9.17) is 9.97 Å². The molecule has 10 heteroatoms. The number of aromatic nitrogens is 2. The highest BCUT2D eigenvalue weighted by Crippen LogP contribution is 2.32. The molecule has 0 saturated heterocycles. The third-order valence-corrected chi connectivity index (χ3v) is 6.85. The molecular formula is C25H31F4N5O. The third-order valence-electron chi connectivity index (χ3n) is 6.85. The summed E-state index contributed by atoms with van der Waals surface area (Å²) in [6.45, 7) is 0.293. The SMILES string of the molecule is CN(C)c1nc(NC2CCC(CNC(=O)c3cc(C(F)(F)F)ccc3F)CC2)nc2c1CCCC2. The molecule has 0 atom stereocenters. The van der Waals surface area contributed by atoms with Crippen LogP contribution in [0.15, 0.2) is 18.2 Å². The zero-order valence-corrected chi connectivity index (χ0v) is 20.0. The number of halogens is 4. The van der Waals surface area contributed by atoms with Gasteiger partial charge in [0.2, 0.25) is 5.95 Å². The van der Waals surface area contributed by atoms with E-state index >= 15 is 0 Å². The first-order valence-electron chi connectivity index (χ1n) is 12.1. The van der Waals surface area contributed by atoms with Gasteiger partial charge in [-0.1, -0.05) is 0 Å². The van der Waals surface area contributed by atoms with Gasteiger partial charge in [0.1, 0.15) is 11.6 Å². The number of benzene rings is 1. The van der Waals surface area contributed by atoms with Crippen molar-refractivity contribution >= 4 is 17.7 Å². The van der Waals surface area contributed by atoms with Crippen molar-refractivity contribution in [2.24, 2.45) is 5.92 Å². The first-order valence-corrected chi connectivity index (χ1v) is 12.1. The molecule has 0 radical (unpaired) electrons. The standard InChI is InChI=1S/C25H31F4N5O/c1-34(2)22-18-5-3-4-6-21(18)32-24(33-22)31-17-10-7-15(8-11-17)14-30-23(35)19-13-16(25(27,28)29)9-12-20(19)26/h9,12-13,15,17H,3-8,10-11,14H2,1-2H3,(H,30,35)(H,31,32,33). The fourth-order valence-corrected chi connectivity index (χ4v) is 4.91. The molecule has 4 rings (SSSR count). The smallest absolute Gasteiger partial charge is 0.362 e. The molecule has 1 heterocycles. The van der Waals surface area contributed by atoms with Crippen LogP contribution < -0.4 is 15.5 Å². The fourth-order valence-electron chi connectivity index (χ4n) is 4.91. The van der Waals surface area contributed by atoms with E-state index < -0.39 is 29.0 Å². The number of fused-ring (bicyclic) bond motifs is 1. The van der Waals surface area contributed by atoms with Gasteiger partial charge in [0.05, 0.1) is 16.8 Å². The topological polar surface area (TPSA) is 70.2 Å². The Kier molecular flexibility index (Phi) is 7.47. The third kappa shape index (κ3) is 6.02. The minimum atomic E-state index is -4.64. The zero-order chi connectivity index (χ0) is 25.2. The van der Waals surface area contributed by atoms with Crippen LogP contribution in [0.1, 0.15) is 65.7 Å². The molecule has 0 spiro atoms. The van der Waals surface area contributed by atoms with Gasteiger partial charge in [0.15, 0.2) is 0 Å². The van der Waals surface area contributed by atoms with E-state index in [2.05, 4.69) is 10.6 Å². The van der Waals surface area contributed by atoms with Gasteiger partial charge in [-0.2, -0.15) is 18.2 Å². The Labute approximate surface area is 202 Å². The predicted molar refractivity (Wildman–Crippen MR) is 126 cm³/mol. The lowest BCUT2D eigenvalue weighted by Crippen LogP contribution is -2.34.